The number of nitrogens with one attached hydrogen (secondary N) is 1. The smallest absolute Gasteiger partial charge is 0.267 e. The number of amides is 1. The second kappa shape index (κ2) is 7.70. The molecule has 1 saturated heterocycles. The maximum Gasteiger partial charge on any atom is 0.267 e. The number of piperidine rings is 1. The van der Waals surface area contributed by atoms with Gasteiger partial charge in [0.05, 0.1) is 0 Å². The van der Waals surface area contributed by atoms with E-state index in [2.05, 4.69) is 22.2 Å². The summed E-state index contributed by atoms with van der Waals surface area (Å²) in [7, 11) is 0. The monoisotopic (exact) mass is 360 g/mol. The lowest BCUT2D eigenvalue weighted by Gasteiger charge is -2.31. The van der Waals surface area contributed by atoms with Gasteiger partial charge in [-0.3, -0.25) is 9.59 Å². The number of hydrogen-bond acceptors (Lipinski definition) is 4. The highest BCUT2D eigenvalue weighted by Gasteiger charge is 2.18. The second-order valence-corrected chi connectivity index (χ2v) is 6.85. The molecule has 0 aliphatic carbocycles. The van der Waals surface area contributed by atoms with E-state index >= 15 is 0 Å². The van der Waals surface area contributed by atoms with Gasteiger partial charge in [0, 0.05) is 29.9 Å². The SMILES string of the molecule is CC1CCN(c2ccc(=O)n(CC(=O)Nc3cccc(Cl)c3)n2)CC1. The number of halogens is 1. The fourth-order valence-electron chi connectivity index (χ4n) is 2.86. The van der Waals surface area contributed by atoms with Crippen molar-refractivity contribution in [2.75, 3.05) is 23.3 Å². The highest BCUT2D eigenvalue weighted by Crippen LogP contribution is 2.20. The molecule has 7 heteroatoms. The van der Waals surface area contributed by atoms with Gasteiger partial charge in [0.25, 0.3) is 5.56 Å². The van der Waals surface area contributed by atoms with Crippen LogP contribution in [0.5, 0.6) is 0 Å². The van der Waals surface area contributed by atoms with Gasteiger partial charge in [0.1, 0.15) is 12.4 Å². The molecule has 0 bridgehead atoms. The molecule has 1 amide bonds. The minimum Gasteiger partial charge on any atom is -0.355 e. The van der Waals surface area contributed by atoms with Crippen molar-refractivity contribution in [3.63, 3.8) is 0 Å². The predicted octanol–water partition coefficient (Wildman–Crippen LogP) is 2.77. The van der Waals surface area contributed by atoms with Crippen molar-refractivity contribution in [2.45, 2.75) is 26.3 Å². The quantitative estimate of drug-likeness (QED) is 0.910. The zero-order chi connectivity index (χ0) is 17.8. The molecule has 0 saturated carbocycles. The van der Waals surface area contributed by atoms with Crippen LogP contribution in [0.4, 0.5) is 11.5 Å². The van der Waals surface area contributed by atoms with Gasteiger partial charge in [-0.1, -0.05) is 24.6 Å². The zero-order valence-corrected chi connectivity index (χ0v) is 14.9. The molecule has 2 aromatic rings. The zero-order valence-electron chi connectivity index (χ0n) is 14.1. The molecule has 1 fully saturated rings. The Labute approximate surface area is 151 Å². The standard InChI is InChI=1S/C18H21ClN4O2/c1-13-7-9-22(10-8-13)16-5-6-18(25)23(21-16)12-17(24)20-15-4-2-3-14(19)11-15/h2-6,11,13H,7-10,12H2,1H3,(H,20,24). The summed E-state index contributed by atoms with van der Waals surface area (Å²) in [6.07, 6.45) is 2.21. The Balaban J connectivity index is 1.70. The van der Waals surface area contributed by atoms with Crippen molar-refractivity contribution in [1.82, 2.24) is 9.78 Å². The third kappa shape index (κ3) is 4.60. The largest absolute Gasteiger partial charge is 0.355 e. The van der Waals surface area contributed by atoms with Gasteiger partial charge in [0.15, 0.2) is 0 Å². The Bertz CT molecular complexity index is 813. The minimum atomic E-state index is -0.318. The van der Waals surface area contributed by atoms with Crippen LogP contribution in [0.2, 0.25) is 5.02 Å². The molecule has 1 aliphatic rings. The van der Waals surface area contributed by atoms with E-state index < -0.39 is 0 Å². The van der Waals surface area contributed by atoms with Crippen molar-refractivity contribution in [2.24, 2.45) is 5.92 Å². The first-order valence-corrected chi connectivity index (χ1v) is 8.77. The Morgan fingerprint density at radius 2 is 2.04 bits per heavy atom. The predicted molar refractivity (Wildman–Crippen MR) is 99.2 cm³/mol. The molecule has 2 heterocycles. The maximum absolute atomic E-state index is 12.2. The Morgan fingerprint density at radius 3 is 2.76 bits per heavy atom. The molecule has 1 N–H and O–H groups in total. The molecule has 132 valence electrons. The molecule has 0 radical (unpaired) electrons. The first-order chi connectivity index (χ1) is 12.0. The van der Waals surface area contributed by atoms with Crippen molar-refractivity contribution >= 4 is 29.0 Å². The van der Waals surface area contributed by atoms with Crippen LogP contribution in [0.1, 0.15) is 19.8 Å². The Kier molecular flexibility index (Phi) is 5.38. The minimum absolute atomic E-state index is 0.135. The van der Waals surface area contributed by atoms with Gasteiger partial charge in [0.2, 0.25) is 5.91 Å². The van der Waals surface area contributed by atoms with Crippen LogP contribution in [-0.2, 0) is 11.3 Å². The van der Waals surface area contributed by atoms with Crippen molar-refractivity contribution in [3.05, 3.63) is 51.8 Å². The molecule has 1 aromatic carbocycles. The Morgan fingerprint density at radius 1 is 1.28 bits per heavy atom. The molecular weight excluding hydrogens is 340 g/mol. The average Bonchev–Trinajstić information content (AvgIpc) is 2.57. The van der Waals surface area contributed by atoms with E-state index in [0.717, 1.165) is 31.7 Å². The first kappa shape index (κ1) is 17.5. The van der Waals surface area contributed by atoms with Crippen LogP contribution in [-0.4, -0.2) is 28.8 Å². The average molecular weight is 361 g/mol. The van der Waals surface area contributed by atoms with E-state index in [4.69, 9.17) is 11.6 Å². The summed E-state index contributed by atoms with van der Waals surface area (Å²) in [6, 6.07) is 10.1. The van der Waals surface area contributed by atoms with Gasteiger partial charge in [-0.15, -0.1) is 0 Å². The maximum atomic E-state index is 12.2. The van der Waals surface area contributed by atoms with E-state index in [0.29, 0.717) is 16.6 Å². The molecule has 0 atom stereocenters. The summed E-state index contributed by atoms with van der Waals surface area (Å²) in [4.78, 5) is 26.4. The lowest BCUT2D eigenvalue weighted by molar-refractivity contribution is -0.117. The highest BCUT2D eigenvalue weighted by atomic mass is 35.5. The van der Waals surface area contributed by atoms with Crippen LogP contribution in [0, 0.1) is 5.92 Å². The van der Waals surface area contributed by atoms with Gasteiger partial charge in [-0.25, -0.2) is 4.68 Å². The summed E-state index contributed by atoms with van der Waals surface area (Å²) >= 11 is 5.91. The Hall–Kier alpha value is -2.34. The number of benzene rings is 1. The van der Waals surface area contributed by atoms with E-state index in [1.54, 1.807) is 30.3 Å². The molecular formula is C18H21ClN4O2. The van der Waals surface area contributed by atoms with Crippen LogP contribution in [0.25, 0.3) is 0 Å². The van der Waals surface area contributed by atoms with E-state index in [-0.39, 0.29) is 18.0 Å². The third-order valence-electron chi connectivity index (χ3n) is 4.36. The number of nitrogens with zero attached hydrogens (tertiary/aromatic N) is 3. The fourth-order valence-corrected chi connectivity index (χ4v) is 3.05. The number of carbonyl (C=O) groups is 1. The van der Waals surface area contributed by atoms with Crippen molar-refractivity contribution in [3.8, 4) is 0 Å². The molecule has 1 aliphatic heterocycles. The van der Waals surface area contributed by atoms with E-state index in [9.17, 15) is 9.59 Å². The fraction of sp³-hybridized carbons (Fsp3) is 0.389. The first-order valence-electron chi connectivity index (χ1n) is 8.40. The third-order valence-corrected chi connectivity index (χ3v) is 4.60. The van der Waals surface area contributed by atoms with Gasteiger partial charge < -0.3 is 10.2 Å². The number of anilines is 2. The lowest BCUT2D eigenvalue weighted by atomic mass is 9.99. The molecule has 0 unspecified atom stereocenters. The van der Waals surface area contributed by atoms with Crippen LogP contribution in [0.3, 0.4) is 0 Å². The van der Waals surface area contributed by atoms with Crippen LogP contribution >= 0.6 is 11.6 Å². The molecule has 1 aromatic heterocycles. The summed E-state index contributed by atoms with van der Waals surface area (Å²) in [5.74, 6) is 1.13. The molecule has 25 heavy (non-hydrogen) atoms. The topological polar surface area (TPSA) is 67.2 Å². The normalized spacial score (nSPS) is 15.2. The van der Waals surface area contributed by atoms with Crippen molar-refractivity contribution < 1.29 is 4.79 Å². The molecule has 0 spiro atoms. The van der Waals surface area contributed by atoms with Gasteiger partial charge in [-0.05, 0) is 43.0 Å². The van der Waals surface area contributed by atoms with Crippen LogP contribution < -0.4 is 15.8 Å². The molecule has 3 rings (SSSR count). The number of hydrogen-bond donors (Lipinski definition) is 1. The van der Waals surface area contributed by atoms with E-state index in [1.807, 2.05) is 0 Å². The summed E-state index contributed by atoms with van der Waals surface area (Å²) < 4.78 is 1.20. The summed E-state index contributed by atoms with van der Waals surface area (Å²) in [6.45, 7) is 3.94. The highest BCUT2D eigenvalue weighted by molar-refractivity contribution is 6.30. The summed E-state index contributed by atoms with van der Waals surface area (Å²) in [5, 5.41) is 7.63. The number of aromatic nitrogens is 2. The molecule has 6 nitrogen and oxygen atoms in total. The van der Waals surface area contributed by atoms with Gasteiger partial charge >= 0.3 is 0 Å². The van der Waals surface area contributed by atoms with Crippen LogP contribution in [0.15, 0.2) is 41.2 Å². The van der Waals surface area contributed by atoms with Gasteiger partial charge in [-0.2, -0.15) is 5.10 Å². The number of rotatable bonds is 4. The lowest BCUT2D eigenvalue weighted by Crippen LogP contribution is -2.36. The second-order valence-electron chi connectivity index (χ2n) is 6.42. The van der Waals surface area contributed by atoms with E-state index in [1.165, 1.54) is 10.7 Å². The summed E-state index contributed by atoms with van der Waals surface area (Å²) in [5.41, 5.74) is 0.294. The number of carbonyl (C=O) groups excluding carboxylic acids is 1. The van der Waals surface area contributed by atoms with Crippen molar-refractivity contribution in [1.29, 1.82) is 0 Å².